The molecule has 0 aliphatic heterocycles. The Morgan fingerprint density at radius 1 is 1.40 bits per heavy atom. The van der Waals surface area contributed by atoms with Crippen molar-refractivity contribution in [3.05, 3.63) is 16.5 Å². The third kappa shape index (κ3) is 3.72. The molecule has 0 aromatic carbocycles. The van der Waals surface area contributed by atoms with Crippen LogP contribution in [0.15, 0.2) is 16.3 Å². The van der Waals surface area contributed by atoms with Crippen molar-refractivity contribution >= 4 is 38.9 Å². The highest BCUT2D eigenvalue weighted by Crippen LogP contribution is 2.31. The zero-order chi connectivity index (χ0) is 14.8. The molecule has 1 aromatic heterocycles. The monoisotopic (exact) mass is 337 g/mol. The van der Waals surface area contributed by atoms with Crippen LogP contribution >= 0.6 is 22.9 Å². The molecule has 20 heavy (non-hydrogen) atoms. The second-order valence-electron chi connectivity index (χ2n) is 4.90. The summed E-state index contributed by atoms with van der Waals surface area (Å²) in [5.74, 6) is -1.45. The van der Waals surface area contributed by atoms with Gasteiger partial charge in [0.2, 0.25) is 10.0 Å². The minimum absolute atomic E-state index is 0.147. The van der Waals surface area contributed by atoms with Crippen LogP contribution in [0.25, 0.3) is 0 Å². The van der Waals surface area contributed by atoms with Crippen molar-refractivity contribution in [2.45, 2.75) is 29.9 Å². The summed E-state index contributed by atoms with van der Waals surface area (Å²) in [6.07, 6.45) is 3.19. The van der Waals surface area contributed by atoms with Crippen LogP contribution in [0.2, 0.25) is 4.34 Å². The molecule has 1 saturated carbocycles. The molecule has 2 unspecified atom stereocenters. The zero-order valence-electron chi connectivity index (χ0n) is 10.7. The van der Waals surface area contributed by atoms with Crippen molar-refractivity contribution in [1.82, 2.24) is 4.72 Å². The van der Waals surface area contributed by atoms with E-state index in [1.54, 1.807) is 0 Å². The molecule has 1 aliphatic rings. The maximum atomic E-state index is 12.1. The van der Waals surface area contributed by atoms with Crippen molar-refractivity contribution < 1.29 is 18.3 Å². The van der Waals surface area contributed by atoms with Crippen molar-refractivity contribution in [3.63, 3.8) is 0 Å². The summed E-state index contributed by atoms with van der Waals surface area (Å²) >= 11 is 6.72. The van der Waals surface area contributed by atoms with Crippen molar-refractivity contribution in [2.24, 2.45) is 11.8 Å². The molecular formula is C12H16ClNO4S2. The summed E-state index contributed by atoms with van der Waals surface area (Å²) in [4.78, 5) is 11.2. The number of sulfonamides is 1. The van der Waals surface area contributed by atoms with Crippen LogP contribution in [0.3, 0.4) is 0 Å². The maximum Gasteiger partial charge on any atom is 0.306 e. The lowest BCUT2D eigenvalue weighted by Gasteiger charge is -2.28. The van der Waals surface area contributed by atoms with Gasteiger partial charge in [0, 0.05) is 6.54 Å². The zero-order valence-corrected chi connectivity index (χ0v) is 13.1. The standard InChI is InChI=1S/C12H16ClNO4S2/c13-10-5-6-11(19-10)20(17,18)14-7-8-3-1-2-4-9(8)12(15)16/h5-6,8-9,14H,1-4,7H2,(H,15,16). The molecule has 2 rings (SSSR count). The average molecular weight is 338 g/mol. The minimum atomic E-state index is -3.60. The highest BCUT2D eigenvalue weighted by Gasteiger charge is 2.31. The summed E-state index contributed by atoms with van der Waals surface area (Å²) in [6.45, 7) is 0.162. The van der Waals surface area contributed by atoms with E-state index in [4.69, 9.17) is 16.7 Å². The van der Waals surface area contributed by atoms with Crippen LogP contribution in [0.5, 0.6) is 0 Å². The lowest BCUT2D eigenvalue weighted by molar-refractivity contribution is -0.144. The number of carboxylic acid groups (broad SMARTS) is 1. The van der Waals surface area contributed by atoms with Gasteiger partial charge in [-0.05, 0) is 30.9 Å². The fourth-order valence-electron chi connectivity index (χ4n) is 2.51. The third-order valence-electron chi connectivity index (χ3n) is 3.58. The van der Waals surface area contributed by atoms with Gasteiger partial charge in [-0.3, -0.25) is 4.79 Å². The molecule has 1 aliphatic carbocycles. The fraction of sp³-hybridized carbons (Fsp3) is 0.583. The lowest BCUT2D eigenvalue weighted by atomic mass is 9.79. The molecule has 8 heteroatoms. The van der Waals surface area contributed by atoms with Crippen LogP contribution in [0, 0.1) is 11.8 Å². The molecule has 1 fully saturated rings. The van der Waals surface area contributed by atoms with Crippen LogP contribution < -0.4 is 4.72 Å². The van der Waals surface area contributed by atoms with E-state index in [1.807, 2.05) is 0 Å². The van der Waals surface area contributed by atoms with Gasteiger partial charge < -0.3 is 5.11 Å². The van der Waals surface area contributed by atoms with Crippen LogP contribution in [-0.2, 0) is 14.8 Å². The summed E-state index contributed by atoms with van der Waals surface area (Å²) in [6, 6.07) is 2.98. The molecule has 0 bridgehead atoms. The number of aliphatic carboxylic acids is 1. The summed E-state index contributed by atoms with van der Waals surface area (Å²) in [5, 5.41) is 9.17. The summed E-state index contributed by atoms with van der Waals surface area (Å²) in [7, 11) is -3.60. The van der Waals surface area contributed by atoms with Crippen molar-refractivity contribution in [1.29, 1.82) is 0 Å². The van der Waals surface area contributed by atoms with Gasteiger partial charge in [0.15, 0.2) is 0 Å². The number of carboxylic acids is 1. The van der Waals surface area contributed by atoms with Gasteiger partial charge in [0.25, 0.3) is 0 Å². The number of rotatable bonds is 5. The van der Waals surface area contributed by atoms with E-state index in [0.717, 1.165) is 30.6 Å². The van der Waals surface area contributed by atoms with Crippen LogP contribution in [0.4, 0.5) is 0 Å². The fourth-order valence-corrected chi connectivity index (χ4v) is 5.13. The lowest BCUT2D eigenvalue weighted by Crippen LogP contribution is -2.37. The first-order chi connectivity index (χ1) is 9.40. The highest BCUT2D eigenvalue weighted by molar-refractivity contribution is 7.91. The van der Waals surface area contributed by atoms with Crippen molar-refractivity contribution in [2.75, 3.05) is 6.54 Å². The normalized spacial score (nSPS) is 23.6. The molecule has 1 heterocycles. The Kier molecular flexibility index (Phi) is 5.06. The molecule has 0 radical (unpaired) electrons. The number of halogens is 1. The van der Waals surface area contributed by atoms with Gasteiger partial charge in [-0.2, -0.15) is 0 Å². The number of carbonyl (C=O) groups is 1. The Morgan fingerprint density at radius 2 is 2.10 bits per heavy atom. The largest absolute Gasteiger partial charge is 0.481 e. The molecular weight excluding hydrogens is 322 g/mol. The van der Waals surface area contributed by atoms with E-state index in [1.165, 1.54) is 12.1 Å². The topological polar surface area (TPSA) is 83.5 Å². The molecule has 2 N–H and O–H groups in total. The minimum Gasteiger partial charge on any atom is -0.481 e. The average Bonchev–Trinajstić information content (AvgIpc) is 2.84. The number of thiophene rings is 1. The van der Waals surface area contributed by atoms with Gasteiger partial charge in [0.1, 0.15) is 4.21 Å². The predicted octanol–water partition coefficient (Wildman–Crippen LogP) is 2.57. The van der Waals surface area contributed by atoms with E-state index in [2.05, 4.69) is 4.72 Å². The molecule has 0 spiro atoms. The molecule has 0 saturated heterocycles. The van der Waals surface area contributed by atoms with Gasteiger partial charge in [-0.1, -0.05) is 24.4 Å². The Hall–Kier alpha value is -0.630. The maximum absolute atomic E-state index is 12.1. The Labute approximate surface area is 127 Å². The van der Waals surface area contributed by atoms with Crippen molar-refractivity contribution in [3.8, 4) is 0 Å². The van der Waals surface area contributed by atoms with E-state index < -0.39 is 21.9 Å². The Morgan fingerprint density at radius 3 is 2.70 bits per heavy atom. The molecule has 0 amide bonds. The SMILES string of the molecule is O=C(O)C1CCCCC1CNS(=O)(=O)c1ccc(Cl)s1. The molecule has 112 valence electrons. The van der Waals surface area contributed by atoms with Gasteiger partial charge in [0.05, 0.1) is 10.3 Å². The van der Waals surface area contributed by atoms with E-state index in [9.17, 15) is 13.2 Å². The second kappa shape index (κ2) is 6.43. The molecule has 2 atom stereocenters. The van der Waals surface area contributed by atoms with Crippen LogP contribution in [0.1, 0.15) is 25.7 Å². The molecule has 1 aromatic rings. The van der Waals surface area contributed by atoms with Gasteiger partial charge >= 0.3 is 5.97 Å². The number of nitrogens with one attached hydrogen (secondary N) is 1. The highest BCUT2D eigenvalue weighted by atomic mass is 35.5. The molecule has 5 nitrogen and oxygen atoms in total. The van der Waals surface area contributed by atoms with Gasteiger partial charge in [-0.15, -0.1) is 11.3 Å². The van der Waals surface area contributed by atoms with E-state index >= 15 is 0 Å². The number of hydrogen-bond acceptors (Lipinski definition) is 4. The first kappa shape index (κ1) is 15.8. The summed E-state index contributed by atoms with van der Waals surface area (Å²) in [5.41, 5.74) is 0. The smallest absolute Gasteiger partial charge is 0.306 e. The number of hydrogen-bond donors (Lipinski definition) is 2. The van der Waals surface area contributed by atoms with E-state index in [0.29, 0.717) is 10.8 Å². The van der Waals surface area contributed by atoms with Gasteiger partial charge in [-0.25, -0.2) is 13.1 Å². The van der Waals surface area contributed by atoms with Crippen LogP contribution in [-0.4, -0.2) is 26.0 Å². The summed E-state index contributed by atoms with van der Waals surface area (Å²) < 4.78 is 27.2. The Bertz CT molecular complexity index is 584. The third-order valence-corrected chi connectivity index (χ3v) is 6.72. The first-order valence-electron chi connectivity index (χ1n) is 6.38. The van der Waals surface area contributed by atoms with E-state index in [-0.39, 0.29) is 16.7 Å². The Balaban J connectivity index is 2.01. The second-order valence-corrected chi connectivity index (χ2v) is 8.61. The predicted molar refractivity (Wildman–Crippen MR) is 77.6 cm³/mol. The first-order valence-corrected chi connectivity index (χ1v) is 9.06. The quantitative estimate of drug-likeness (QED) is 0.865.